The first-order chi connectivity index (χ1) is 13.5. The van der Waals surface area contributed by atoms with E-state index >= 15 is 0 Å². The van der Waals surface area contributed by atoms with Crippen molar-refractivity contribution in [3.05, 3.63) is 46.5 Å². The summed E-state index contributed by atoms with van der Waals surface area (Å²) in [7, 11) is 0. The number of nitrogens with one attached hydrogen (secondary N) is 1. The van der Waals surface area contributed by atoms with Crippen molar-refractivity contribution in [1.82, 2.24) is 10.2 Å². The highest BCUT2D eigenvalue weighted by Gasteiger charge is 2.26. The van der Waals surface area contributed by atoms with Crippen molar-refractivity contribution in [2.45, 2.75) is 51.6 Å². The molecule has 1 amide bonds. The molecular formula is C22H31Cl2N3O2. The topological polar surface area (TPSA) is 67.6 Å². The van der Waals surface area contributed by atoms with Crippen LogP contribution < -0.4 is 15.8 Å². The smallest absolute Gasteiger partial charge is 0.255 e. The molecule has 0 aromatic heterocycles. The van der Waals surface area contributed by atoms with Gasteiger partial charge in [-0.3, -0.25) is 9.69 Å². The van der Waals surface area contributed by atoms with Crippen molar-refractivity contribution in [3.8, 4) is 5.75 Å². The van der Waals surface area contributed by atoms with Gasteiger partial charge in [-0.25, -0.2) is 0 Å². The summed E-state index contributed by atoms with van der Waals surface area (Å²) >= 11 is 6.12. The summed E-state index contributed by atoms with van der Waals surface area (Å²) in [5.41, 5.74) is 8.21. The number of hydrogen-bond donors (Lipinski definition) is 2. The molecule has 0 bridgehead atoms. The zero-order chi connectivity index (χ0) is 20.1. The van der Waals surface area contributed by atoms with Gasteiger partial charge in [0.05, 0.1) is 22.9 Å². The molecule has 2 aliphatic rings. The monoisotopic (exact) mass is 439 g/mol. The number of ether oxygens (including phenoxy) is 1. The zero-order valence-corrected chi connectivity index (χ0v) is 18.7. The van der Waals surface area contributed by atoms with Crippen molar-refractivity contribution < 1.29 is 9.53 Å². The van der Waals surface area contributed by atoms with Crippen LogP contribution in [0.2, 0.25) is 5.02 Å². The molecule has 1 saturated heterocycles. The normalized spacial score (nSPS) is 18.5. The Kier molecular flexibility index (Phi) is 8.87. The number of rotatable bonds is 6. The first kappa shape index (κ1) is 23.6. The van der Waals surface area contributed by atoms with Crippen LogP contribution in [0, 0.1) is 0 Å². The lowest BCUT2D eigenvalue weighted by atomic mass is 9.95. The molecule has 7 heteroatoms. The minimum atomic E-state index is -0.156. The molecule has 1 aromatic rings. The van der Waals surface area contributed by atoms with Gasteiger partial charge < -0.3 is 15.8 Å². The number of nitrogen functional groups attached to an aromatic ring is 1. The van der Waals surface area contributed by atoms with E-state index < -0.39 is 0 Å². The summed E-state index contributed by atoms with van der Waals surface area (Å²) in [4.78, 5) is 15.3. The molecule has 160 valence electrons. The zero-order valence-electron chi connectivity index (χ0n) is 17.1. The van der Waals surface area contributed by atoms with E-state index in [1.54, 1.807) is 12.1 Å². The molecule has 5 nitrogen and oxygen atoms in total. The highest BCUT2D eigenvalue weighted by molar-refractivity contribution is 6.33. The van der Waals surface area contributed by atoms with E-state index in [9.17, 15) is 4.79 Å². The van der Waals surface area contributed by atoms with E-state index in [2.05, 4.69) is 35.4 Å². The average Bonchev–Trinajstić information content (AvgIpc) is 2.71. The maximum atomic E-state index is 12.8. The summed E-state index contributed by atoms with van der Waals surface area (Å²) in [5, 5.41) is 3.52. The Morgan fingerprint density at radius 3 is 2.69 bits per heavy atom. The lowest BCUT2D eigenvalue weighted by molar-refractivity contribution is 0.0899. The number of anilines is 1. The SMILES string of the molecule is CCOc1cc(N)c(Cl)cc1C(=O)NC1CCN(C(C)C2=CCC=CC2)CC1.Cl. The molecule has 1 fully saturated rings. The largest absolute Gasteiger partial charge is 0.493 e. The Bertz CT molecular complexity index is 772. The number of nitrogens with two attached hydrogens (primary N) is 1. The number of carbonyl (C=O) groups is 1. The van der Waals surface area contributed by atoms with Gasteiger partial charge in [0.1, 0.15) is 5.75 Å². The summed E-state index contributed by atoms with van der Waals surface area (Å²) in [6, 6.07) is 3.83. The third-order valence-corrected chi connectivity index (χ3v) is 5.96. The minimum absolute atomic E-state index is 0. The van der Waals surface area contributed by atoms with Crippen LogP contribution in [0.3, 0.4) is 0 Å². The number of likely N-dealkylation sites (tertiary alicyclic amines) is 1. The van der Waals surface area contributed by atoms with E-state index in [1.165, 1.54) is 5.57 Å². The van der Waals surface area contributed by atoms with Gasteiger partial charge in [-0.15, -0.1) is 12.4 Å². The molecule has 1 heterocycles. The first-order valence-corrected chi connectivity index (χ1v) is 10.5. The number of piperidine rings is 1. The Labute approximate surface area is 184 Å². The maximum absolute atomic E-state index is 12.8. The van der Waals surface area contributed by atoms with E-state index in [-0.39, 0.29) is 24.4 Å². The van der Waals surface area contributed by atoms with Gasteiger partial charge in [-0.2, -0.15) is 0 Å². The molecule has 1 atom stereocenters. The highest BCUT2D eigenvalue weighted by Crippen LogP contribution is 2.29. The number of carbonyl (C=O) groups excluding carboxylic acids is 1. The number of amides is 1. The predicted molar refractivity (Wildman–Crippen MR) is 122 cm³/mol. The second-order valence-electron chi connectivity index (χ2n) is 7.45. The molecule has 0 saturated carbocycles. The standard InChI is InChI=1S/C22H30ClN3O2.ClH/c1-3-28-21-14-20(24)19(23)13-18(21)22(27)25-17-9-11-26(12-10-17)15(2)16-7-5-4-6-8-16;/h4-5,8,13-15,17H,3,6-7,9-12,24H2,1-2H3,(H,25,27);1H. The van der Waals surface area contributed by atoms with Crippen LogP contribution >= 0.6 is 24.0 Å². The Morgan fingerprint density at radius 2 is 2.07 bits per heavy atom. The van der Waals surface area contributed by atoms with Crippen LogP contribution in [0.4, 0.5) is 5.69 Å². The molecule has 0 radical (unpaired) electrons. The summed E-state index contributed by atoms with van der Waals surface area (Å²) < 4.78 is 5.58. The second-order valence-corrected chi connectivity index (χ2v) is 7.86. The fraction of sp³-hybridized carbons (Fsp3) is 0.500. The quantitative estimate of drug-likeness (QED) is 0.501. The van der Waals surface area contributed by atoms with Crippen molar-refractivity contribution in [1.29, 1.82) is 0 Å². The fourth-order valence-electron chi connectivity index (χ4n) is 3.91. The van der Waals surface area contributed by atoms with E-state index in [4.69, 9.17) is 22.1 Å². The molecule has 1 aliphatic heterocycles. The Hall–Kier alpha value is -1.69. The average molecular weight is 440 g/mol. The number of benzene rings is 1. The molecule has 1 aliphatic carbocycles. The Morgan fingerprint density at radius 1 is 1.34 bits per heavy atom. The summed E-state index contributed by atoms with van der Waals surface area (Å²) in [6.45, 7) is 6.58. The number of nitrogens with zero attached hydrogens (tertiary/aromatic N) is 1. The van der Waals surface area contributed by atoms with Crippen molar-refractivity contribution in [3.63, 3.8) is 0 Å². The van der Waals surface area contributed by atoms with Gasteiger partial charge in [-0.1, -0.05) is 35.4 Å². The number of allylic oxidation sites excluding steroid dienone is 3. The number of hydrogen-bond acceptors (Lipinski definition) is 4. The lowest BCUT2D eigenvalue weighted by Crippen LogP contribution is -2.47. The third-order valence-electron chi connectivity index (χ3n) is 5.63. The van der Waals surface area contributed by atoms with E-state index in [0.29, 0.717) is 34.7 Å². The van der Waals surface area contributed by atoms with Crippen molar-refractivity contribution >= 4 is 35.6 Å². The van der Waals surface area contributed by atoms with Crippen LogP contribution in [0.15, 0.2) is 35.9 Å². The molecule has 1 aromatic carbocycles. The molecule has 29 heavy (non-hydrogen) atoms. The van der Waals surface area contributed by atoms with Gasteiger partial charge in [-0.05, 0) is 45.6 Å². The fourth-order valence-corrected chi connectivity index (χ4v) is 4.07. The summed E-state index contributed by atoms with van der Waals surface area (Å²) in [6.07, 6.45) is 10.8. The Balaban J connectivity index is 0.00000300. The van der Waals surface area contributed by atoms with Gasteiger partial charge in [0.2, 0.25) is 0 Å². The highest BCUT2D eigenvalue weighted by atomic mass is 35.5. The van der Waals surface area contributed by atoms with Gasteiger partial charge >= 0.3 is 0 Å². The first-order valence-electron chi connectivity index (χ1n) is 10.1. The van der Waals surface area contributed by atoms with Crippen LogP contribution in [-0.2, 0) is 0 Å². The van der Waals surface area contributed by atoms with Crippen molar-refractivity contribution in [2.75, 3.05) is 25.4 Å². The van der Waals surface area contributed by atoms with Crippen molar-refractivity contribution in [2.24, 2.45) is 0 Å². The molecule has 1 unspecified atom stereocenters. The molecule has 3 rings (SSSR count). The van der Waals surface area contributed by atoms with Gasteiger partial charge in [0.15, 0.2) is 0 Å². The van der Waals surface area contributed by atoms with E-state index in [0.717, 1.165) is 38.8 Å². The predicted octanol–water partition coefficient (Wildman–Crippen LogP) is 4.60. The number of halogens is 2. The minimum Gasteiger partial charge on any atom is -0.493 e. The molecule has 3 N–H and O–H groups in total. The molecule has 0 spiro atoms. The third kappa shape index (κ3) is 5.91. The van der Waals surface area contributed by atoms with E-state index in [1.807, 2.05) is 6.92 Å². The van der Waals surface area contributed by atoms with Crippen LogP contribution in [0.25, 0.3) is 0 Å². The van der Waals surface area contributed by atoms with Crippen LogP contribution in [0.5, 0.6) is 5.75 Å². The second kappa shape index (κ2) is 10.9. The maximum Gasteiger partial charge on any atom is 0.255 e. The van der Waals surface area contributed by atoms with Gasteiger partial charge in [0.25, 0.3) is 5.91 Å². The summed E-state index contributed by atoms with van der Waals surface area (Å²) in [5.74, 6) is 0.322. The van der Waals surface area contributed by atoms with Crippen LogP contribution in [0.1, 0.15) is 49.9 Å². The van der Waals surface area contributed by atoms with Crippen LogP contribution in [-0.4, -0.2) is 42.6 Å². The van der Waals surface area contributed by atoms with Gasteiger partial charge in [0, 0.05) is 31.2 Å². The molecular weight excluding hydrogens is 409 g/mol. The lowest BCUT2D eigenvalue weighted by Gasteiger charge is -2.37.